The summed E-state index contributed by atoms with van der Waals surface area (Å²) in [6.07, 6.45) is 4.81. The van der Waals surface area contributed by atoms with Crippen LogP contribution in [0, 0.1) is 0 Å². The summed E-state index contributed by atoms with van der Waals surface area (Å²) in [4.78, 5) is 4.41. The maximum atomic E-state index is 5.73. The Morgan fingerprint density at radius 3 is 2.94 bits per heavy atom. The zero-order valence-corrected chi connectivity index (χ0v) is 8.77. The number of hydrogen-bond donors (Lipinski definition) is 0. The highest BCUT2D eigenvalue weighted by Crippen LogP contribution is 2.31. The van der Waals surface area contributed by atoms with E-state index in [1.54, 1.807) is 0 Å². The summed E-state index contributed by atoms with van der Waals surface area (Å²) >= 11 is 0. The minimum Gasteiger partial charge on any atom is -0.344 e. The van der Waals surface area contributed by atoms with E-state index in [2.05, 4.69) is 17.1 Å². The van der Waals surface area contributed by atoms with Crippen molar-refractivity contribution in [1.82, 2.24) is 0 Å². The van der Waals surface area contributed by atoms with Gasteiger partial charge in [-0.3, -0.25) is 4.99 Å². The summed E-state index contributed by atoms with van der Waals surface area (Å²) in [5.74, 6) is -0.530. The molecule has 3 nitrogen and oxygen atoms in total. The fraction of sp³-hybridized carbons (Fsp3) is 0.308. The second-order valence-corrected chi connectivity index (χ2v) is 4.35. The lowest BCUT2D eigenvalue weighted by Crippen LogP contribution is -2.40. The van der Waals surface area contributed by atoms with Crippen LogP contribution in [0.4, 0.5) is 5.69 Å². The van der Waals surface area contributed by atoms with Gasteiger partial charge in [-0.2, -0.15) is 0 Å². The van der Waals surface area contributed by atoms with E-state index >= 15 is 0 Å². The van der Waals surface area contributed by atoms with E-state index in [9.17, 15) is 0 Å². The van der Waals surface area contributed by atoms with Crippen LogP contribution >= 0.6 is 0 Å². The van der Waals surface area contributed by atoms with Crippen molar-refractivity contribution in [2.24, 2.45) is 4.99 Å². The van der Waals surface area contributed by atoms with Gasteiger partial charge in [-0.15, -0.1) is 0 Å². The van der Waals surface area contributed by atoms with Gasteiger partial charge in [0.15, 0.2) is 5.79 Å². The Labute approximate surface area is 92.7 Å². The molecule has 1 fully saturated rings. The van der Waals surface area contributed by atoms with Crippen LogP contribution in [0.3, 0.4) is 0 Å². The lowest BCUT2D eigenvalue weighted by molar-refractivity contribution is -0.0971. The summed E-state index contributed by atoms with van der Waals surface area (Å²) in [6.45, 7) is 1.35. The minimum absolute atomic E-state index is 0.530. The zero-order chi connectivity index (χ0) is 10.6. The fourth-order valence-corrected chi connectivity index (χ4v) is 2.69. The molecule has 3 aliphatic rings. The van der Waals surface area contributed by atoms with Crippen molar-refractivity contribution >= 4 is 23.6 Å². The zero-order valence-electron chi connectivity index (χ0n) is 8.77. The Balaban J connectivity index is 2.04. The second-order valence-electron chi connectivity index (χ2n) is 4.35. The van der Waals surface area contributed by atoms with Gasteiger partial charge < -0.3 is 9.47 Å². The topological polar surface area (TPSA) is 30.8 Å². The molecule has 0 saturated carbocycles. The molecule has 0 amide bonds. The number of rotatable bonds is 0. The average molecular weight is 213 g/mol. The van der Waals surface area contributed by atoms with Gasteiger partial charge in [-0.25, -0.2) is 0 Å². The third kappa shape index (κ3) is 1.02. The normalized spacial score (nSPS) is 23.6. The van der Waals surface area contributed by atoms with Crippen molar-refractivity contribution in [1.29, 1.82) is 0 Å². The number of aliphatic imine (C=N–C) groups is 1. The van der Waals surface area contributed by atoms with E-state index in [1.807, 2.05) is 18.3 Å². The maximum absolute atomic E-state index is 5.73. The molecule has 0 N–H and O–H groups in total. The van der Waals surface area contributed by atoms with E-state index in [0.717, 1.165) is 12.1 Å². The molecular weight excluding hydrogens is 202 g/mol. The molecule has 1 saturated heterocycles. The molecule has 1 aliphatic carbocycles. The number of ether oxygens (including phenoxy) is 2. The van der Waals surface area contributed by atoms with Crippen molar-refractivity contribution in [3.63, 3.8) is 0 Å². The Morgan fingerprint density at radius 1 is 1.19 bits per heavy atom. The molecule has 1 aromatic rings. The SMILES string of the molecule is C1=Nc2cccc3c2=C1CC1(C=3)OCCO1. The molecule has 1 aromatic carbocycles. The Kier molecular flexibility index (Phi) is 1.52. The van der Waals surface area contributed by atoms with Gasteiger partial charge >= 0.3 is 0 Å². The molecule has 2 heterocycles. The first-order valence-corrected chi connectivity index (χ1v) is 5.53. The molecule has 3 heteroatoms. The minimum atomic E-state index is -0.530. The average Bonchev–Trinajstić information content (AvgIpc) is 2.89. The summed E-state index contributed by atoms with van der Waals surface area (Å²) in [7, 11) is 0. The van der Waals surface area contributed by atoms with Gasteiger partial charge in [0.1, 0.15) is 0 Å². The highest BCUT2D eigenvalue weighted by Gasteiger charge is 2.37. The highest BCUT2D eigenvalue weighted by atomic mass is 16.7. The third-order valence-electron chi connectivity index (χ3n) is 3.34. The highest BCUT2D eigenvalue weighted by molar-refractivity contribution is 6.07. The van der Waals surface area contributed by atoms with E-state index in [0.29, 0.717) is 13.2 Å². The molecule has 0 bridgehead atoms. The van der Waals surface area contributed by atoms with Crippen molar-refractivity contribution < 1.29 is 9.47 Å². The summed E-state index contributed by atoms with van der Waals surface area (Å²) in [5, 5.41) is 2.44. The van der Waals surface area contributed by atoms with Gasteiger partial charge in [0.2, 0.25) is 0 Å². The summed E-state index contributed by atoms with van der Waals surface area (Å²) in [5.41, 5.74) is 2.30. The van der Waals surface area contributed by atoms with E-state index in [4.69, 9.17) is 9.47 Å². The van der Waals surface area contributed by atoms with Crippen LogP contribution in [-0.2, 0) is 9.47 Å². The molecule has 80 valence electrons. The van der Waals surface area contributed by atoms with E-state index in [-0.39, 0.29) is 0 Å². The molecule has 0 radical (unpaired) electrons. The molecule has 4 rings (SSSR count). The maximum Gasteiger partial charge on any atom is 0.193 e. The Hall–Kier alpha value is -1.45. The monoisotopic (exact) mass is 213 g/mol. The quantitative estimate of drug-likeness (QED) is 0.627. The summed E-state index contributed by atoms with van der Waals surface area (Å²) < 4.78 is 11.5. The molecule has 0 unspecified atom stereocenters. The first-order chi connectivity index (χ1) is 7.86. The predicted molar refractivity (Wildman–Crippen MR) is 61.0 cm³/mol. The molecule has 0 aromatic heterocycles. The van der Waals surface area contributed by atoms with Crippen molar-refractivity contribution in [2.45, 2.75) is 12.2 Å². The number of nitrogens with zero attached hydrogens (tertiary/aromatic N) is 1. The van der Waals surface area contributed by atoms with E-state index < -0.39 is 5.79 Å². The van der Waals surface area contributed by atoms with Crippen molar-refractivity contribution in [3.8, 4) is 0 Å². The van der Waals surface area contributed by atoms with Crippen LogP contribution in [0.2, 0.25) is 0 Å². The van der Waals surface area contributed by atoms with Gasteiger partial charge in [-0.05, 0) is 22.9 Å². The first-order valence-electron chi connectivity index (χ1n) is 5.53. The van der Waals surface area contributed by atoms with Gasteiger partial charge in [-0.1, -0.05) is 12.1 Å². The van der Waals surface area contributed by atoms with Crippen molar-refractivity contribution in [3.05, 3.63) is 28.6 Å². The Morgan fingerprint density at radius 2 is 2.06 bits per heavy atom. The Bertz CT molecular complexity index is 609. The largest absolute Gasteiger partial charge is 0.344 e. The standard InChI is InChI=1S/C13H11NO2/c1-2-9-6-13(15-4-5-16-13)7-10-8-14-11(3-1)12(9)10/h1-3,6,8H,4-5,7H2. The van der Waals surface area contributed by atoms with Gasteiger partial charge in [0.05, 0.1) is 18.9 Å². The first kappa shape index (κ1) is 8.67. The van der Waals surface area contributed by atoms with Gasteiger partial charge in [0, 0.05) is 17.9 Å². The van der Waals surface area contributed by atoms with Crippen LogP contribution in [-0.4, -0.2) is 25.2 Å². The van der Waals surface area contributed by atoms with Crippen LogP contribution in [0.25, 0.3) is 11.6 Å². The molecule has 0 atom stereocenters. The predicted octanol–water partition coefficient (Wildman–Crippen LogP) is 0.480. The lowest BCUT2D eigenvalue weighted by Gasteiger charge is -2.26. The van der Waals surface area contributed by atoms with E-state index in [1.165, 1.54) is 16.0 Å². The van der Waals surface area contributed by atoms with Crippen LogP contribution in [0.5, 0.6) is 0 Å². The number of hydrogen-bond acceptors (Lipinski definition) is 3. The van der Waals surface area contributed by atoms with Crippen LogP contribution in [0.15, 0.2) is 23.2 Å². The smallest absolute Gasteiger partial charge is 0.193 e. The second kappa shape index (κ2) is 2.81. The summed E-state index contributed by atoms with van der Waals surface area (Å²) in [6, 6.07) is 6.17. The van der Waals surface area contributed by atoms with Crippen LogP contribution in [0.1, 0.15) is 6.42 Å². The molecule has 2 aliphatic heterocycles. The molecular formula is C13H11NO2. The molecule has 1 spiro atoms. The van der Waals surface area contributed by atoms with Crippen LogP contribution < -0.4 is 10.4 Å². The molecule has 16 heavy (non-hydrogen) atoms. The van der Waals surface area contributed by atoms with Gasteiger partial charge in [0.25, 0.3) is 0 Å². The number of benzene rings is 1. The fourth-order valence-electron chi connectivity index (χ4n) is 2.69. The third-order valence-corrected chi connectivity index (χ3v) is 3.34. The lowest BCUT2D eigenvalue weighted by atomic mass is 9.96. The van der Waals surface area contributed by atoms with Crippen molar-refractivity contribution in [2.75, 3.05) is 13.2 Å².